The van der Waals surface area contributed by atoms with Gasteiger partial charge in [0.1, 0.15) is 18.4 Å². The van der Waals surface area contributed by atoms with Crippen molar-refractivity contribution in [2.24, 2.45) is 0 Å². The molecule has 0 radical (unpaired) electrons. The summed E-state index contributed by atoms with van der Waals surface area (Å²) in [5.74, 6) is 0.351. The molecule has 7 aliphatic heterocycles. The molecule has 0 saturated carbocycles. The Labute approximate surface area is 356 Å². The van der Waals surface area contributed by atoms with E-state index in [1.165, 1.54) is 46.8 Å². The summed E-state index contributed by atoms with van der Waals surface area (Å²) < 4.78 is 48.3. The topological polar surface area (TPSA) is 184 Å². The van der Waals surface area contributed by atoms with Crippen LogP contribution < -0.4 is 38.5 Å². The van der Waals surface area contributed by atoms with Gasteiger partial charge in [0, 0.05) is 67.4 Å². The monoisotopic (exact) mass is 854 g/mol. The van der Waals surface area contributed by atoms with Crippen molar-refractivity contribution in [2.75, 3.05) is 47.0 Å². The van der Waals surface area contributed by atoms with Crippen LogP contribution in [-0.4, -0.2) is 98.8 Å². The average molecular weight is 855 g/mol. The van der Waals surface area contributed by atoms with E-state index in [2.05, 4.69) is 21.2 Å². The Morgan fingerprint density at radius 2 is 1.61 bits per heavy atom. The molecule has 1 spiro atoms. The molecule has 3 aromatic carbocycles. The zero-order chi connectivity index (χ0) is 43.2. The number of rotatable bonds is 5. The molecule has 1 N–H and O–H groups in total. The number of likely N-dealkylation sites (N-methyl/N-ethyl adjacent to an activating group) is 1. The van der Waals surface area contributed by atoms with Gasteiger partial charge in [-0.25, -0.2) is 4.79 Å². The van der Waals surface area contributed by atoms with E-state index in [1.54, 1.807) is 12.1 Å². The molecule has 7 atom stereocenters. The van der Waals surface area contributed by atoms with E-state index in [0.717, 1.165) is 22.3 Å². The maximum atomic E-state index is 15.0. The summed E-state index contributed by atoms with van der Waals surface area (Å²) in [6, 6.07) is 5.14. The lowest BCUT2D eigenvalue weighted by atomic mass is 9.71. The number of fused-ring (bicyclic) bond motifs is 9. The molecular formula is C44H46N4O12S. The van der Waals surface area contributed by atoms with Crippen LogP contribution in [0.3, 0.4) is 0 Å². The Balaban J connectivity index is 1.33. The van der Waals surface area contributed by atoms with Gasteiger partial charge in [0.25, 0.3) is 0 Å². The zero-order valence-corrected chi connectivity index (χ0v) is 35.9. The molecule has 0 amide bonds. The maximum Gasteiger partial charge on any atom is 0.331 e. The number of nitriles is 1. The van der Waals surface area contributed by atoms with E-state index < -0.39 is 58.8 Å². The zero-order valence-electron chi connectivity index (χ0n) is 35.1. The fourth-order valence-corrected chi connectivity index (χ4v) is 12.3. The molecule has 1 unspecified atom stereocenters. The second kappa shape index (κ2) is 15.1. The highest BCUT2D eigenvalue weighted by atomic mass is 32.2. The number of esters is 4. The summed E-state index contributed by atoms with van der Waals surface area (Å²) in [5, 5.41) is 14.2. The Morgan fingerprint density at radius 1 is 0.885 bits per heavy atom. The van der Waals surface area contributed by atoms with E-state index in [4.69, 9.17) is 37.9 Å². The highest BCUT2D eigenvalue weighted by molar-refractivity contribution is 7.99. The van der Waals surface area contributed by atoms with Crippen molar-refractivity contribution < 1.29 is 57.1 Å². The van der Waals surface area contributed by atoms with Crippen molar-refractivity contribution >= 4 is 35.6 Å². The summed E-state index contributed by atoms with van der Waals surface area (Å²) in [6.07, 6.45) is 0.970. The van der Waals surface area contributed by atoms with Crippen molar-refractivity contribution in [3.05, 3.63) is 62.7 Å². The van der Waals surface area contributed by atoms with Gasteiger partial charge in [-0.15, -0.1) is 11.8 Å². The van der Waals surface area contributed by atoms with Crippen LogP contribution >= 0.6 is 11.8 Å². The molecule has 3 aromatic rings. The number of thioether (sulfide) groups is 1. The highest BCUT2D eigenvalue weighted by Gasteiger charge is 2.62. The molecule has 17 heteroatoms. The van der Waals surface area contributed by atoms with E-state index in [1.807, 2.05) is 27.0 Å². The maximum absolute atomic E-state index is 15.0. The Hall–Kier alpha value is -5.54. The number of hydrogen-bond donors (Lipinski definition) is 1. The fourth-order valence-electron chi connectivity index (χ4n) is 10.6. The predicted molar refractivity (Wildman–Crippen MR) is 217 cm³/mol. The largest absolute Gasteiger partial charge is 0.493 e. The minimum Gasteiger partial charge on any atom is -0.493 e. The smallest absolute Gasteiger partial charge is 0.331 e. The lowest BCUT2D eigenvalue weighted by molar-refractivity contribution is -0.157. The van der Waals surface area contributed by atoms with Crippen LogP contribution in [-0.2, 0) is 42.3 Å². The van der Waals surface area contributed by atoms with Gasteiger partial charge in [-0.2, -0.15) is 5.26 Å². The number of nitrogens with one attached hydrogen (secondary N) is 1. The Bertz CT molecular complexity index is 2470. The normalized spacial score (nSPS) is 27.0. The van der Waals surface area contributed by atoms with Gasteiger partial charge in [0.15, 0.2) is 40.0 Å². The van der Waals surface area contributed by atoms with Crippen LogP contribution in [0, 0.1) is 25.2 Å². The minimum atomic E-state index is -1.43. The quantitative estimate of drug-likeness (QED) is 0.281. The second-order valence-corrected chi connectivity index (χ2v) is 17.4. The summed E-state index contributed by atoms with van der Waals surface area (Å²) in [5.41, 5.74) is 4.23. The molecule has 10 rings (SSSR count). The SMILES string of the molecule is COc1cc2c(cc1OC(C)=O)CCN[C@]21CS[C@@H]2c3c(OC(C)=O)c(C)c4c(c3[C@H](COC1=O)N1C2[C@H]2c3c(cc(C)c(OC)c3OC(C)=O)C[C@@H]([C@@H]1C#N)N2C)OCO4. The number of hydrogen-bond acceptors (Lipinski definition) is 17. The van der Waals surface area contributed by atoms with Gasteiger partial charge in [-0.05, 0) is 68.1 Å². The molecule has 2 fully saturated rings. The Kier molecular flexibility index (Phi) is 10.1. The third kappa shape index (κ3) is 6.12. The van der Waals surface area contributed by atoms with Crippen LogP contribution in [0.25, 0.3) is 0 Å². The summed E-state index contributed by atoms with van der Waals surface area (Å²) >= 11 is 1.46. The van der Waals surface area contributed by atoms with Gasteiger partial charge >= 0.3 is 23.9 Å². The number of nitrogens with zero attached hydrogens (tertiary/aromatic N) is 3. The first kappa shape index (κ1) is 40.8. The van der Waals surface area contributed by atoms with Crippen molar-refractivity contribution in [2.45, 2.75) is 88.5 Å². The molecular weight excluding hydrogens is 809 g/mol. The molecule has 0 aliphatic carbocycles. The standard InChI is InChI=1S/C44H46N4O12S/c1-19-11-25-12-27-28(15-45)48-29-16-55-43(52)44(26-14-30(53-7)31(58-21(3)49)13-24(26)9-10-46-44)17-61-42(34-33(29)40-39(56-18-57-40)20(2)38(34)59-22(4)50)36(48)35(47(27)6)32(25)41(37(19)54-8)60-23(5)51/h11,13-14,27-29,35-36,42,46H,9-10,12,16-18H2,1-8H3/t27-,28-,29-,35+,36?,42+,44+/m0/s1. The van der Waals surface area contributed by atoms with Crippen molar-refractivity contribution in [1.82, 2.24) is 15.1 Å². The van der Waals surface area contributed by atoms with E-state index >= 15 is 0 Å². The van der Waals surface area contributed by atoms with Crippen LogP contribution in [0.1, 0.15) is 82.6 Å². The molecule has 7 aliphatic rings. The predicted octanol–water partition coefficient (Wildman–Crippen LogP) is 4.43. The molecule has 320 valence electrons. The van der Waals surface area contributed by atoms with Gasteiger partial charge in [0.05, 0.1) is 37.6 Å². The number of methoxy groups -OCH3 is 2. The third-order valence-corrected chi connectivity index (χ3v) is 14.4. The number of benzene rings is 3. The molecule has 2 saturated heterocycles. The fraction of sp³-hybridized carbons (Fsp3) is 0.477. The van der Waals surface area contributed by atoms with Gasteiger partial charge in [0.2, 0.25) is 6.79 Å². The molecule has 4 bridgehead atoms. The van der Waals surface area contributed by atoms with Crippen molar-refractivity contribution in [3.63, 3.8) is 0 Å². The van der Waals surface area contributed by atoms with Gasteiger partial charge in [-0.1, -0.05) is 6.07 Å². The lowest BCUT2D eigenvalue weighted by Crippen LogP contribution is -2.69. The van der Waals surface area contributed by atoms with Crippen molar-refractivity contribution in [3.8, 4) is 46.3 Å². The van der Waals surface area contributed by atoms with Crippen molar-refractivity contribution in [1.29, 1.82) is 5.26 Å². The molecule has 61 heavy (non-hydrogen) atoms. The summed E-state index contributed by atoms with van der Waals surface area (Å²) in [6.45, 7) is 7.80. The average Bonchev–Trinajstić information content (AvgIpc) is 3.70. The van der Waals surface area contributed by atoms with Crippen LogP contribution in [0.2, 0.25) is 0 Å². The van der Waals surface area contributed by atoms with E-state index in [0.29, 0.717) is 70.4 Å². The van der Waals surface area contributed by atoms with Crippen LogP contribution in [0.5, 0.6) is 40.2 Å². The lowest BCUT2D eigenvalue weighted by Gasteiger charge is -2.62. The van der Waals surface area contributed by atoms with E-state index in [-0.39, 0.29) is 36.7 Å². The van der Waals surface area contributed by atoms with Crippen LogP contribution in [0.15, 0.2) is 18.2 Å². The first-order valence-electron chi connectivity index (χ1n) is 20.1. The Morgan fingerprint density at radius 3 is 2.30 bits per heavy atom. The second-order valence-electron chi connectivity index (χ2n) is 16.2. The number of carbonyl (C=O) groups is 4. The first-order valence-corrected chi connectivity index (χ1v) is 21.1. The first-order chi connectivity index (χ1) is 29.2. The third-order valence-electron chi connectivity index (χ3n) is 12.9. The number of ether oxygens (including phenoxy) is 8. The van der Waals surface area contributed by atoms with Crippen LogP contribution in [0.4, 0.5) is 0 Å². The number of aryl methyl sites for hydroxylation is 1. The summed E-state index contributed by atoms with van der Waals surface area (Å²) in [4.78, 5) is 57.4. The highest BCUT2D eigenvalue weighted by Crippen LogP contribution is 2.65. The van der Waals surface area contributed by atoms with Gasteiger partial charge < -0.3 is 37.9 Å². The summed E-state index contributed by atoms with van der Waals surface area (Å²) in [7, 11) is 4.98. The number of piperazine rings is 1. The van der Waals surface area contributed by atoms with E-state index in [9.17, 15) is 24.4 Å². The van der Waals surface area contributed by atoms with Gasteiger partial charge in [-0.3, -0.25) is 29.5 Å². The number of carbonyl (C=O) groups excluding carboxylic acids is 4. The molecule has 16 nitrogen and oxygen atoms in total. The minimum absolute atomic E-state index is 0.0885. The molecule has 0 aromatic heterocycles. The molecule has 7 heterocycles.